The first-order chi connectivity index (χ1) is 9.56. The van der Waals surface area contributed by atoms with E-state index in [0.29, 0.717) is 19.6 Å². The van der Waals surface area contributed by atoms with Gasteiger partial charge >= 0.3 is 5.97 Å². The van der Waals surface area contributed by atoms with E-state index in [4.69, 9.17) is 4.74 Å². The number of halogens is 1. The van der Waals surface area contributed by atoms with Crippen LogP contribution in [0.15, 0.2) is 28.7 Å². The second-order valence-corrected chi connectivity index (χ2v) is 5.34. The Kier molecular flexibility index (Phi) is 7.30. The van der Waals surface area contributed by atoms with E-state index in [1.54, 1.807) is 11.8 Å². The van der Waals surface area contributed by atoms with Gasteiger partial charge in [-0.15, -0.1) is 0 Å². The maximum Gasteiger partial charge on any atom is 0.325 e. The van der Waals surface area contributed by atoms with Crippen molar-refractivity contribution in [3.8, 4) is 0 Å². The van der Waals surface area contributed by atoms with Crippen molar-refractivity contribution in [3.05, 3.63) is 34.3 Å². The smallest absolute Gasteiger partial charge is 0.325 e. The van der Waals surface area contributed by atoms with Gasteiger partial charge in [0.15, 0.2) is 0 Å². The number of amides is 1. The highest BCUT2D eigenvalue weighted by molar-refractivity contribution is 9.10. The molecular weight excluding hydrogens is 322 g/mol. The van der Waals surface area contributed by atoms with Gasteiger partial charge in [-0.05, 0) is 31.0 Å². The lowest BCUT2D eigenvalue weighted by molar-refractivity contribution is -0.148. The number of carbonyl (C=O) groups excluding carboxylic acids is 2. The number of rotatable bonds is 7. The van der Waals surface area contributed by atoms with Gasteiger partial charge in [0.05, 0.1) is 13.0 Å². The van der Waals surface area contributed by atoms with E-state index >= 15 is 0 Å². The van der Waals surface area contributed by atoms with Crippen molar-refractivity contribution >= 4 is 27.8 Å². The van der Waals surface area contributed by atoms with Crippen LogP contribution in [0.2, 0.25) is 0 Å². The van der Waals surface area contributed by atoms with Crippen molar-refractivity contribution in [2.75, 3.05) is 19.7 Å². The highest BCUT2D eigenvalue weighted by Gasteiger charge is 2.17. The highest BCUT2D eigenvalue weighted by atomic mass is 79.9. The van der Waals surface area contributed by atoms with Crippen LogP contribution in [0, 0.1) is 0 Å². The summed E-state index contributed by atoms with van der Waals surface area (Å²) in [6.07, 6.45) is 1.10. The summed E-state index contributed by atoms with van der Waals surface area (Å²) < 4.78 is 5.84. The SMILES string of the molecule is CCCN(CC(=O)OCC)C(=O)Cc1cccc(Br)c1. The third-order valence-electron chi connectivity index (χ3n) is 2.72. The minimum absolute atomic E-state index is 0.0223. The molecule has 0 aliphatic carbocycles. The molecule has 1 amide bonds. The summed E-state index contributed by atoms with van der Waals surface area (Å²) >= 11 is 3.38. The Morgan fingerprint density at radius 1 is 1.30 bits per heavy atom. The van der Waals surface area contributed by atoms with Crippen molar-refractivity contribution in [1.82, 2.24) is 4.90 Å². The zero-order valence-corrected chi connectivity index (χ0v) is 13.5. The molecule has 1 aromatic rings. The lowest BCUT2D eigenvalue weighted by Gasteiger charge is -2.21. The zero-order chi connectivity index (χ0) is 15.0. The van der Waals surface area contributed by atoms with Crippen LogP contribution >= 0.6 is 15.9 Å². The van der Waals surface area contributed by atoms with E-state index in [2.05, 4.69) is 15.9 Å². The average molecular weight is 342 g/mol. The van der Waals surface area contributed by atoms with Crippen LogP contribution < -0.4 is 0 Å². The van der Waals surface area contributed by atoms with Crippen molar-refractivity contribution in [3.63, 3.8) is 0 Å². The van der Waals surface area contributed by atoms with Crippen molar-refractivity contribution < 1.29 is 14.3 Å². The van der Waals surface area contributed by atoms with E-state index in [-0.39, 0.29) is 18.4 Å². The molecule has 0 saturated heterocycles. The standard InChI is InChI=1S/C15H20BrNO3/c1-3-8-17(11-15(19)20-4-2)14(18)10-12-6-5-7-13(16)9-12/h5-7,9H,3-4,8,10-11H2,1-2H3. The number of carbonyl (C=O) groups is 2. The molecule has 0 saturated carbocycles. The Morgan fingerprint density at radius 2 is 2.05 bits per heavy atom. The van der Waals surface area contributed by atoms with E-state index in [9.17, 15) is 9.59 Å². The van der Waals surface area contributed by atoms with Crippen molar-refractivity contribution in [2.24, 2.45) is 0 Å². The number of hydrogen-bond acceptors (Lipinski definition) is 3. The van der Waals surface area contributed by atoms with Gasteiger partial charge in [-0.2, -0.15) is 0 Å². The summed E-state index contributed by atoms with van der Waals surface area (Å²) in [5, 5.41) is 0. The topological polar surface area (TPSA) is 46.6 Å². The number of benzene rings is 1. The fourth-order valence-electron chi connectivity index (χ4n) is 1.86. The van der Waals surface area contributed by atoms with Gasteiger partial charge in [0.25, 0.3) is 0 Å². The summed E-state index contributed by atoms with van der Waals surface area (Å²) in [5.41, 5.74) is 0.925. The highest BCUT2D eigenvalue weighted by Crippen LogP contribution is 2.13. The first-order valence-electron chi connectivity index (χ1n) is 6.74. The normalized spacial score (nSPS) is 10.2. The summed E-state index contributed by atoms with van der Waals surface area (Å²) in [6, 6.07) is 7.61. The molecule has 20 heavy (non-hydrogen) atoms. The van der Waals surface area contributed by atoms with Crippen LogP contribution in [0.1, 0.15) is 25.8 Å². The molecule has 0 radical (unpaired) electrons. The van der Waals surface area contributed by atoms with Gasteiger partial charge in [0.1, 0.15) is 6.54 Å². The van der Waals surface area contributed by atoms with E-state index in [1.165, 1.54) is 0 Å². The maximum atomic E-state index is 12.3. The first kappa shape index (κ1) is 16.7. The van der Waals surface area contributed by atoms with Gasteiger partial charge < -0.3 is 9.64 Å². The van der Waals surface area contributed by atoms with Gasteiger partial charge in [0.2, 0.25) is 5.91 Å². The summed E-state index contributed by atoms with van der Waals surface area (Å²) in [4.78, 5) is 25.3. The van der Waals surface area contributed by atoms with E-state index in [1.807, 2.05) is 31.2 Å². The number of hydrogen-bond donors (Lipinski definition) is 0. The molecule has 0 unspecified atom stereocenters. The van der Waals surface area contributed by atoms with Gasteiger partial charge in [0, 0.05) is 11.0 Å². The molecule has 0 heterocycles. The van der Waals surface area contributed by atoms with Crippen molar-refractivity contribution in [2.45, 2.75) is 26.7 Å². The minimum atomic E-state index is -0.358. The quantitative estimate of drug-likeness (QED) is 0.716. The van der Waals surface area contributed by atoms with Crippen LogP contribution in [-0.4, -0.2) is 36.5 Å². The zero-order valence-electron chi connectivity index (χ0n) is 11.9. The second-order valence-electron chi connectivity index (χ2n) is 4.43. The predicted octanol–water partition coefficient (Wildman–Crippen LogP) is 2.79. The molecule has 1 rings (SSSR count). The predicted molar refractivity (Wildman–Crippen MR) is 81.4 cm³/mol. The molecule has 0 atom stereocenters. The fraction of sp³-hybridized carbons (Fsp3) is 0.467. The van der Waals surface area contributed by atoms with Gasteiger partial charge in [-0.25, -0.2) is 0 Å². The van der Waals surface area contributed by atoms with E-state index in [0.717, 1.165) is 16.5 Å². The van der Waals surface area contributed by atoms with Crippen LogP contribution in [-0.2, 0) is 20.7 Å². The molecule has 5 heteroatoms. The lowest BCUT2D eigenvalue weighted by Crippen LogP contribution is -2.38. The molecule has 0 aliphatic rings. The molecule has 1 aromatic carbocycles. The summed E-state index contributed by atoms with van der Waals surface area (Å²) in [5.74, 6) is -0.415. The largest absolute Gasteiger partial charge is 0.465 e. The van der Waals surface area contributed by atoms with Gasteiger partial charge in [-0.3, -0.25) is 9.59 Å². The average Bonchev–Trinajstić information content (AvgIpc) is 2.38. The lowest BCUT2D eigenvalue weighted by atomic mass is 10.1. The van der Waals surface area contributed by atoms with Crippen LogP contribution in [0.5, 0.6) is 0 Å². The fourth-order valence-corrected chi connectivity index (χ4v) is 2.30. The van der Waals surface area contributed by atoms with Crippen LogP contribution in [0.4, 0.5) is 0 Å². The third-order valence-corrected chi connectivity index (χ3v) is 3.21. The summed E-state index contributed by atoms with van der Waals surface area (Å²) in [7, 11) is 0. The van der Waals surface area contributed by atoms with Gasteiger partial charge in [-0.1, -0.05) is 35.0 Å². The molecule has 0 N–H and O–H groups in total. The van der Waals surface area contributed by atoms with Crippen LogP contribution in [0.25, 0.3) is 0 Å². The number of ether oxygens (including phenoxy) is 1. The maximum absolute atomic E-state index is 12.3. The Labute approximate surface area is 128 Å². The molecule has 110 valence electrons. The van der Waals surface area contributed by atoms with E-state index < -0.39 is 0 Å². The molecule has 0 fully saturated rings. The molecular formula is C15H20BrNO3. The number of nitrogens with zero attached hydrogens (tertiary/aromatic N) is 1. The Balaban J connectivity index is 2.66. The summed E-state index contributed by atoms with van der Waals surface area (Å²) in [6.45, 7) is 4.65. The first-order valence-corrected chi connectivity index (χ1v) is 7.54. The molecule has 0 spiro atoms. The molecule has 0 aromatic heterocycles. The van der Waals surface area contributed by atoms with Crippen molar-refractivity contribution in [1.29, 1.82) is 0 Å². The Hall–Kier alpha value is -1.36. The van der Waals surface area contributed by atoms with Crippen LogP contribution in [0.3, 0.4) is 0 Å². The third kappa shape index (κ3) is 5.74. The Morgan fingerprint density at radius 3 is 2.65 bits per heavy atom. The minimum Gasteiger partial charge on any atom is -0.465 e. The second kappa shape index (κ2) is 8.74. The molecule has 0 bridgehead atoms. The molecule has 0 aliphatic heterocycles. The Bertz CT molecular complexity index is 462. The number of esters is 1. The molecule has 4 nitrogen and oxygen atoms in total. The monoisotopic (exact) mass is 341 g/mol.